The highest BCUT2D eigenvalue weighted by Gasteiger charge is 2.20. The second-order valence-electron chi connectivity index (χ2n) is 4.31. The quantitative estimate of drug-likeness (QED) is 0.642. The summed E-state index contributed by atoms with van der Waals surface area (Å²) in [5.41, 5.74) is 0. The van der Waals surface area contributed by atoms with Crippen molar-refractivity contribution in [2.24, 2.45) is 5.92 Å². The van der Waals surface area contributed by atoms with E-state index < -0.39 is 6.04 Å². The number of hydrogen-bond donors (Lipinski definition) is 1. The van der Waals surface area contributed by atoms with Crippen LogP contribution in [0.1, 0.15) is 40.5 Å². The summed E-state index contributed by atoms with van der Waals surface area (Å²) in [7, 11) is 0. The first-order valence-corrected chi connectivity index (χ1v) is 5.86. The number of amides is 1. The zero-order valence-electron chi connectivity index (χ0n) is 10.7. The Morgan fingerprint density at radius 2 is 1.94 bits per heavy atom. The molecular weight excluding hydrogens is 206 g/mol. The Bertz CT molecular complexity index is 226. The Balaban J connectivity index is 3.87. The van der Waals surface area contributed by atoms with E-state index in [0.717, 1.165) is 12.8 Å². The van der Waals surface area contributed by atoms with Crippen LogP contribution in [-0.4, -0.2) is 30.9 Å². The zero-order chi connectivity index (χ0) is 12.6. The summed E-state index contributed by atoms with van der Waals surface area (Å²) in [6.45, 7) is 8.00. The summed E-state index contributed by atoms with van der Waals surface area (Å²) < 4.78 is 5.17. The van der Waals surface area contributed by atoms with E-state index in [1.54, 1.807) is 0 Å². The molecule has 1 unspecified atom stereocenters. The fourth-order valence-electron chi connectivity index (χ4n) is 1.36. The maximum atomic E-state index is 11.4. The van der Waals surface area contributed by atoms with Crippen LogP contribution in [0.25, 0.3) is 0 Å². The van der Waals surface area contributed by atoms with Crippen LogP contribution in [0.4, 0.5) is 0 Å². The first kappa shape index (κ1) is 15.1. The lowest BCUT2D eigenvalue weighted by Crippen LogP contribution is -2.44. The van der Waals surface area contributed by atoms with Crippen LogP contribution in [0.5, 0.6) is 0 Å². The van der Waals surface area contributed by atoms with Crippen molar-refractivity contribution in [2.45, 2.75) is 46.6 Å². The number of carbonyl (C=O) groups is 2. The molecule has 0 radical (unpaired) electrons. The van der Waals surface area contributed by atoms with Crippen molar-refractivity contribution in [3.63, 3.8) is 0 Å². The summed E-state index contributed by atoms with van der Waals surface area (Å²) in [4.78, 5) is 22.7. The molecule has 0 aromatic heterocycles. The molecule has 0 heterocycles. The SMILES string of the molecule is CCCCOCC(=O)NC(C(C)=O)C(C)C. The number of hydrogen-bond acceptors (Lipinski definition) is 3. The van der Waals surface area contributed by atoms with E-state index in [-0.39, 0.29) is 24.2 Å². The molecule has 16 heavy (non-hydrogen) atoms. The lowest BCUT2D eigenvalue weighted by molar-refractivity contribution is -0.130. The van der Waals surface area contributed by atoms with Crippen molar-refractivity contribution < 1.29 is 14.3 Å². The molecule has 4 heteroatoms. The molecule has 4 nitrogen and oxygen atoms in total. The van der Waals surface area contributed by atoms with Gasteiger partial charge in [-0.2, -0.15) is 0 Å². The second-order valence-corrected chi connectivity index (χ2v) is 4.31. The van der Waals surface area contributed by atoms with Crippen LogP contribution >= 0.6 is 0 Å². The van der Waals surface area contributed by atoms with Gasteiger partial charge < -0.3 is 10.1 Å². The van der Waals surface area contributed by atoms with Gasteiger partial charge in [0, 0.05) is 6.61 Å². The first-order valence-electron chi connectivity index (χ1n) is 5.86. The van der Waals surface area contributed by atoms with Crippen molar-refractivity contribution in [2.75, 3.05) is 13.2 Å². The van der Waals surface area contributed by atoms with Crippen LogP contribution in [0.3, 0.4) is 0 Å². The van der Waals surface area contributed by atoms with Crippen LogP contribution in [0.2, 0.25) is 0 Å². The van der Waals surface area contributed by atoms with E-state index in [1.807, 2.05) is 13.8 Å². The Morgan fingerprint density at radius 1 is 1.31 bits per heavy atom. The van der Waals surface area contributed by atoms with Gasteiger partial charge in [-0.1, -0.05) is 27.2 Å². The lowest BCUT2D eigenvalue weighted by atomic mass is 10.0. The summed E-state index contributed by atoms with van der Waals surface area (Å²) >= 11 is 0. The van der Waals surface area contributed by atoms with Gasteiger partial charge in [0.1, 0.15) is 6.61 Å². The number of ether oxygens (including phenoxy) is 1. The van der Waals surface area contributed by atoms with Crippen molar-refractivity contribution in [3.05, 3.63) is 0 Å². The topological polar surface area (TPSA) is 55.4 Å². The standard InChI is InChI=1S/C12H23NO3/c1-5-6-7-16-8-11(15)13-12(9(2)3)10(4)14/h9,12H,5-8H2,1-4H3,(H,13,15). The van der Waals surface area contributed by atoms with Crippen molar-refractivity contribution in [1.82, 2.24) is 5.32 Å². The van der Waals surface area contributed by atoms with Gasteiger partial charge in [-0.15, -0.1) is 0 Å². The predicted molar refractivity (Wildman–Crippen MR) is 63.2 cm³/mol. The van der Waals surface area contributed by atoms with E-state index in [1.165, 1.54) is 6.92 Å². The maximum Gasteiger partial charge on any atom is 0.246 e. The molecule has 0 bridgehead atoms. The average molecular weight is 229 g/mol. The second kappa shape index (κ2) is 8.28. The highest BCUT2D eigenvalue weighted by Crippen LogP contribution is 2.02. The molecule has 94 valence electrons. The number of nitrogens with one attached hydrogen (secondary N) is 1. The molecule has 0 spiro atoms. The third-order valence-electron chi connectivity index (χ3n) is 2.30. The largest absolute Gasteiger partial charge is 0.372 e. The Morgan fingerprint density at radius 3 is 2.38 bits per heavy atom. The minimum Gasteiger partial charge on any atom is -0.372 e. The molecule has 0 aliphatic carbocycles. The van der Waals surface area contributed by atoms with E-state index in [4.69, 9.17) is 4.74 Å². The third-order valence-corrected chi connectivity index (χ3v) is 2.30. The van der Waals surface area contributed by atoms with E-state index >= 15 is 0 Å². The van der Waals surface area contributed by atoms with Gasteiger partial charge in [0.2, 0.25) is 5.91 Å². The Labute approximate surface area is 97.7 Å². The zero-order valence-corrected chi connectivity index (χ0v) is 10.7. The minimum absolute atomic E-state index is 0.0168. The number of Topliss-reactive ketones (excluding diaryl/α,β-unsaturated/α-hetero) is 1. The average Bonchev–Trinajstić information content (AvgIpc) is 2.20. The van der Waals surface area contributed by atoms with E-state index in [0.29, 0.717) is 6.61 Å². The molecule has 1 N–H and O–H groups in total. The predicted octanol–water partition coefficient (Wildman–Crippen LogP) is 1.53. The van der Waals surface area contributed by atoms with Gasteiger partial charge in [0.15, 0.2) is 5.78 Å². The van der Waals surface area contributed by atoms with Gasteiger partial charge in [-0.3, -0.25) is 9.59 Å². The van der Waals surface area contributed by atoms with Crippen LogP contribution in [-0.2, 0) is 14.3 Å². The molecule has 1 amide bonds. The molecule has 0 fully saturated rings. The molecule has 0 saturated heterocycles. The van der Waals surface area contributed by atoms with Crippen LogP contribution in [0.15, 0.2) is 0 Å². The highest BCUT2D eigenvalue weighted by molar-refractivity contribution is 5.88. The number of ketones is 1. The van der Waals surface area contributed by atoms with Gasteiger partial charge in [-0.05, 0) is 19.3 Å². The van der Waals surface area contributed by atoms with Gasteiger partial charge in [-0.25, -0.2) is 0 Å². The summed E-state index contributed by atoms with van der Waals surface area (Å²) in [6, 6.07) is -0.401. The highest BCUT2D eigenvalue weighted by atomic mass is 16.5. The molecule has 0 rings (SSSR count). The molecule has 0 aromatic rings. The molecule has 1 atom stereocenters. The van der Waals surface area contributed by atoms with Crippen molar-refractivity contribution in [1.29, 1.82) is 0 Å². The van der Waals surface area contributed by atoms with Gasteiger partial charge >= 0.3 is 0 Å². The normalized spacial score (nSPS) is 12.6. The van der Waals surface area contributed by atoms with Crippen LogP contribution in [0, 0.1) is 5.92 Å². The fraction of sp³-hybridized carbons (Fsp3) is 0.833. The third kappa shape index (κ3) is 6.56. The van der Waals surface area contributed by atoms with Gasteiger partial charge in [0.25, 0.3) is 0 Å². The summed E-state index contributed by atoms with van der Waals surface area (Å²) in [5, 5.41) is 2.68. The van der Waals surface area contributed by atoms with Gasteiger partial charge in [0.05, 0.1) is 6.04 Å². The first-order chi connectivity index (χ1) is 7.49. The van der Waals surface area contributed by atoms with E-state index in [2.05, 4.69) is 12.2 Å². The van der Waals surface area contributed by atoms with Crippen molar-refractivity contribution in [3.8, 4) is 0 Å². The number of unbranched alkanes of at least 4 members (excludes halogenated alkanes) is 1. The van der Waals surface area contributed by atoms with E-state index in [9.17, 15) is 9.59 Å². The monoisotopic (exact) mass is 229 g/mol. The molecule has 0 saturated carbocycles. The summed E-state index contributed by atoms with van der Waals surface area (Å²) in [6.07, 6.45) is 2.00. The molecule has 0 aliphatic heterocycles. The fourth-order valence-corrected chi connectivity index (χ4v) is 1.36. The smallest absolute Gasteiger partial charge is 0.246 e. The lowest BCUT2D eigenvalue weighted by Gasteiger charge is -2.19. The Kier molecular flexibility index (Phi) is 7.81. The maximum absolute atomic E-state index is 11.4. The molecule has 0 aliphatic rings. The van der Waals surface area contributed by atoms with Crippen molar-refractivity contribution >= 4 is 11.7 Å². The summed E-state index contributed by atoms with van der Waals surface area (Å²) in [5.74, 6) is -0.126. The Hall–Kier alpha value is -0.900. The molecular formula is C12H23NO3. The number of carbonyl (C=O) groups excluding carboxylic acids is 2. The minimum atomic E-state index is -0.401. The molecule has 0 aromatic carbocycles. The van der Waals surface area contributed by atoms with Crippen LogP contribution < -0.4 is 5.32 Å². The number of rotatable bonds is 8.